The number of hydrogen-bond donors (Lipinski definition) is 3. The molecule has 0 radical (unpaired) electrons. The number of carbonyl (C=O) groups is 2. The first kappa shape index (κ1) is 14.4. The minimum absolute atomic E-state index is 0.286. The van der Waals surface area contributed by atoms with Crippen molar-refractivity contribution < 1.29 is 14.7 Å². The first-order valence-electron chi connectivity index (χ1n) is 6.20. The predicted octanol–water partition coefficient (Wildman–Crippen LogP) is 2.80. The lowest BCUT2D eigenvalue weighted by atomic mass is 9.99. The normalized spacial score (nSPS) is 13.9. The summed E-state index contributed by atoms with van der Waals surface area (Å²) in [5.41, 5.74) is -0.347. The number of halogens is 1. The van der Waals surface area contributed by atoms with E-state index in [1.54, 1.807) is 25.1 Å². The molecule has 0 saturated carbocycles. The SMILES string of the molecule is CCC(C)(NC(=O)c1cc2cccc(Cl)c2[nH]1)C(=O)O. The number of carboxylic acids is 1. The molecule has 0 bridgehead atoms. The van der Waals surface area contributed by atoms with Crippen LogP contribution in [-0.4, -0.2) is 27.5 Å². The number of aromatic nitrogens is 1. The molecule has 2 aromatic rings. The Balaban J connectivity index is 2.32. The molecule has 6 heteroatoms. The molecule has 1 amide bonds. The molecule has 1 heterocycles. The van der Waals surface area contributed by atoms with Crippen LogP contribution < -0.4 is 5.32 Å². The molecule has 0 aliphatic carbocycles. The van der Waals surface area contributed by atoms with Crippen LogP contribution in [0.1, 0.15) is 30.8 Å². The van der Waals surface area contributed by atoms with Gasteiger partial charge in [-0.25, -0.2) is 4.79 Å². The number of hydrogen-bond acceptors (Lipinski definition) is 2. The topological polar surface area (TPSA) is 82.2 Å². The number of nitrogens with one attached hydrogen (secondary N) is 2. The van der Waals surface area contributed by atoms with E-state index < -0.39 is 17.4 Å². The molecule has 3 N–H and O–H groups in total. The van der Waals surface area contributed by atoms with E-state index in [-0.39, 0.29) is 12.1 Å². The highest BCUT2D eigenvalue weighted by Gasteiger charge is 2.33. The van der Waals surface area contributed by atoms with Gasteiger partial charge in [-0.3, -0.25) is 4.79 Å². The molecule has 5 nitrogen and oxygen atoms in total. The zero-order valence-corrected chi connectivity index (χ0v) is 11.9. The number of amides is 1. The first-order chi connectivity index (χ1) is 9.37. The third kappa shape index (κ3) is 2.49. The Morgan fingerprint density at radius 2 is 2.15 bits per heavy atom. The van der Waals surface area contributed by atoms with Crippen LogP contribution in [0.25, 0.3) is 10.9 Å². The minimum atomic E-state index is -1.29. The number of aromatic amines is 1. The van der Waals surface area contributed by atoms with E-state index in [2.05, 4.69) is 10.3 Å². The lowest BCUT2D eigenvalue weighted by Gasteiger charge is -2.24. The van der Waals surface area contributed by atoms with Crippen molar-refractivity contribution in [3.05, 3.63) is 35.0 Å². The van der Waals surface area contributed by atoms with Crippen molar-refractivity contribution in [3.8, 4) is 0 Å². The summed E-state index contributed by atoms with van der Waals surface area (Å²) in [4.78, 5) is 26.3. The highest BCUT2D eigenvalue weighted by molar-refractivity contribution is 6.35. The lowest BCUT2D eigenvalue weighted by molar-refractivity contribution is -0.143. The fourth-order valence-electron chi connectivity index (χ4n) is 1.85. The molecule has 0 aliphatic rings. The first-order valence-corrected chi connectivity index (χ1v) is 6.58. The van der Waals surface area contributed by atoms with Gasteiger partial charge in [0.15, 0.2) is 0 Å². The fourth-order valence-corrected chi connectivity index (χ4v) is 2.08. The van der Waals surface area contributed by atoms with Crippen molar-refractivity contribution in [1.29, 1.82) is 0 Å². The van der Waals surface area contributed by atoms with Gasteiger partial charge in [0.2, 0.25) is 0 Å². The van der Waals surface area contributed by atoms with Crippen LogP contribution in [0.4, 0.5) is 0 Å². The van der Waals surface area contributed by atoms with Crippen molar-refractivity contribution in [1.82, 2.24) is 10.3 Å². The largest absolute Gasteiger partial charge is 0.480 e. The second-order valence-electron chi connectivity index (χ2n) is 4.83. The maximum absolute atomic E-state index is 12.2. The summed E-state index contributed by atoms with van der Waals surface area (Å²) >= 11 is 6.03. The van der Waals surface area contributed by atoms with Crippen LogP contribution in [-0.2, 0) is 4.79 Å². The van der Waals surface area contributed by atoms with Crippen molar-refractivity contribution >= 4 is 34.4 Å². The molecule has 1 aromatic carbocycles. The lowest BCUT2D eigenvalue weighted by Crippen LogP contribution is -2.51. The Labute approximate surface area is 120 Å². The monoisotopic (exact) mass is 294 g/mol. The fraction of sp³-hybridized carbons (Fsp3) is 0.286. The number of para-hydroxylation sites is 1. The summed E-state index contributed by atoms with van der Waals surface area (Å²) in [6.45, 7) is 3.18. The summed E-state index contributed by atoms with van der Waals surface area (Å²) in [6, 6.07) is 6.97. The van der Waals surface area contributed by atoms with Crippen LogP contribution in [0, 0.1) is 0 Å². The smallest absolute Gasteiger partial charge is 0.329 e. The molecule has 0 saturated heterocycles. The third-order valence-corrected chi connectivity index (χ3v) is 3.73. The number of fused-ring (bicyclic) bond motifs is 1. The summed E-state index contributed by atoms with van der Waals surface area (Å²) < 4.78 is 0. The number of carboxylic acid groups (broad SMARTS) is 1. The van der Waals surface area contributed by atoms with Gasteiger partial charge in [0.25, 0.3) is 5.91 Å². The Bertz CT molecular complexity index is 680. The second kappa shape index (κ2) is 5.17. The molecular weight excluding hydrogens is 280 g/mol. The molecule has 0 aliphatic heterocycles. The average Bonchev–Trinajstić information content (AvgIpc) is 2.84. The summed E-state index contributed by atoms with van der Waals surface area (Å²) in [6.07, 6.45) is 0.287. The van der Waals surface area contributed by atoms with E-state index in [0.717, 1.165) is 5.39 Å². The third-order valence-electron chi connectivity index (χ3n) is 3.42. The van der Waals surface area contributed by atoms with Gasteiger partial charge in [-0.15, -0.1) is 0 Å². The van der Waals surface area contributed by atoms with Gasteiger partial charge in [-0.2, -0.15) is 0 Å². The highest BCUT2D eigenvalue weighted by atomic mass is 35.5. The number of aliphatic carboxylic acids is 1. The quantitative estimate of drug-likeness (QED) is 0.811. The Morgan fingerprint density at radius 1 is 1.45 bits per heavy atom. The van der Waals surface area contributed by atoms with E-state index in [9.17, 15) is 9.59 Å². The molecule has 2 rings (SSSR count). The van der Waals surface area contributed by atoms with Gasteiger partial charge in [-0.05, 0) is 25.5 Å². The second-order valence-corrected chi connectivity index (χ2v) is 5.24. The Hall–Kier alpha value is -2.01. The Kier molecular flexibility index (Phi) is 3.72. The molecule has 1 aromatic heterocycles. The number of carbonyl (C=O) groups excluding carboxylic acids is 1. The van der Waals surface area contributed by atoms with Gasteiger partial charge in [0.1, 0.15) is 11.2 Å². The molecular formula is C14H15ClN2O3. The molecule has 0 spiro atoms. The maximum Gasteiger partial charge on any atom is 0.329 e. The van der Waals surface area contributed by atoms with Crippen LogP contribution in [0.2, 0.25) is 5.02 Å². The van der Waals surface area contributed by atoms with Gasteiger partial charge in [0.05, 0.1) is 10.5 Å². The van der Waals surface area contributed by atoms with Gasteiger partial charge in [0, 0.05) is 5.39 Å². The van der Waals surface area contributed by atoms with Crippen LogP contribution in [0.3, 0.4) is 0 Å². The zero-order chi connectivity index (χ0) is 14.9. The van der Waals surface area contributed by atoms with E-state index in [4.69, 9.17) is 16.7 Å². The molecule has 0 fully saturated rings. The van der Waals surface area contributed by atoms with Gasteiger partial charge < -0.3 is 15.4 Å². The molecule has 1 atom stereocenters. The van der Waals surface area contributed by atoms with Gasteiger partial charge in [-0.1, -0.05) is 30.7 Å². The minimum Gasteiger partial charge on any atom is -0.480 e. The van der Waals surface area contributed by atoms with Crippen LogP contribution >= 0.6 is 11.6 Å². The average molecular weight is 295 g/mol. The standard InChI is InChI=1S/C14H15ClN2O3/c1-3-14(2,13(19)20)17-12(18)10-7-8-5-4-6-9(15)11(8)16-10/h4-7,16H,3H2,1-2H3,(H,17,18)(H,19,20). The number of rotatable bonds is 4. The van der Waals surface area contributed by atoms with Crippen molar-refractivity contribution in [2.24, 2.45) is 0 Å². The van der Waals surface area contributed by atoms with Crippen molar-refractivity contribution in [3.63, 3.8) is 0 Å². The maximum atomic E-state index is 12.2. The number of benzene rings is 1. The molecule has 106 valence electrons. The van der Waals surface area contributed by atoms with Crippen molar-refractivity contribution in [2.45, 2.75) is 25.8 Å². The summed E-state index contributed by atoms with van der Waals surface area (Å²) in [5, 5.41) is 13.0. The number of H-pyrrole nitrogens is 1. The van der Waals surface area contributed by atoms with Crippen LogP contribution in [0.5, 0.6) is 0 Å². The molecule has 20 heavy (non-hydrogen) atoms. The van der Waals surface area contributed by atoms with Crippen molar-refractivity contribution in [2.75, 3.05) is 0 Å². The van der Waals surface area contributed by atoms with E-state index in [1.165, 1.54) is 6.92 Å². The summed E-state index contributed by atoms with van der Waals surface area (Å²) in [5.74, 6) is -1.54. The summed E-state index contributed by atoms with van der Waals surface area (Å²) in [7, 11) is 0. The zero-order valence-electron chi connectivity index (χ0n) is 11.2. The predicted molar refractivity (Wildman–Crippen MR) is 77.1 cm³/mol. The van der Waals surface area contributed by atoms with E-state index >= 15 is 0 Å². The van der Waals surface area contributed by atoms with E-state index in [0.29, 0.717) is 10.5 Å². The van der Waals surface area contributed by atoms with E-state index in [1.807, 2.05) is 6.07 Å². The molecule has 1 unspecified atom stereocenters. The highest BCUT2D eigenvalue weighted by Crippen LogP contribution is 2.23. The Morgan fingerprint density at radius 3 is 2.70 bits per heavy atom. The van der Waals surface area contributed by atoms with Gasteiger partial charge >= 0.3 is 5.97 Å². The van der Waals surface area contributed by atoms with Crippen LogP contribution in [0.15, 0.2) is 24.3 Å².